The molecule has 2 rings (SSSR count). The van der Waals surface area contributed by atoms with Gasteiger partial charge in [-0.1, -0.05) is 6.92 Å². The van der Waals surface area contributed by atoms with E-state index in [9.17, 15) is 0 Å². The van der Waals surface area contributed by atoms with Crippen molar-refractivity contribution in [1.82, 2.24) is 4.98 Å². The van der Waals surface area contributed by atoms with Gasteiger partial charge < -0.3 is 15.8 Å². The Kier molecular flexibility index (Phi) is 4.00. The summed E-state index contributed by atoms with van der Waals surface area (Å²) in [5.41, 5.74) is 6.75. The fourth-order valence-electron chi connectivity index (χ4n) is 2.32. The highest BCUT2D eigenvalue weighted by molar-refractivity contribution is 5.68. The van der Waals surface area contributed by atoms with Gasteiger partial charge in [0.2, 0.25) is 0 Å². The second-order valence-corrected chi connectivity index (χ2v) is 4.48. The lowest BCUT2D eigenvalue weighted by Gasteiger charge is -2.18. The van der Waals surface area contributed by atoms with Crippen molar-refractivity contribution in [3.05, 3.63) is 17.8 Å². The molecule has 5 heteroatoms. The quantitative estimate of drug-likeness (QED) is 0.845. The van der Waals surface area contributed by atoms with Gasteiger partial charge in [-0.2, -0.15) is 5.26 Å². The molecule has 1 aromatic heterocycles. The number of ether oxygens (including phenoxy) is 1. The van der Waals surface area contributed by atoms with Crippen LogP contribution >= 0.6 is 0 Å². The van der Waals surface area contributed by atoms with Crippen LogP contribution in [-0.2, 0) is 4.74 Å². The van der Waals surface area contributed by atoms with E-state index in [4.69, 9.17) is 15.7 Å². The van der Waals surface area contributed by atoms with Crippen molar-refractivity contribution < 1.29 is 4.74 Å². The van der Waals surface area contributed by atoms with Gasteiger partial charge in [0.15, 0.2) is 5.82 Å². The van der Waals surface area contributed by atoms with Crippen LogP contribution in [0.4, 0.5) is 11.5 Å². The van der Waals surface area contributed by atoms with Gasteiger partial charge in [0.25, 0.3) is 0 Å². The van der Waals surface area contributed by atoms with Crippen LogP contribution in [0.2, 0.25) is 0 Å². The van der Waals surface area contributed by atoms with Gasteiger partial charge in [-0.15, -0.1) is 0 Å². The average Bonchev–Trinajstić information content (AvgIpc) is 2.85. The van der Waals surface area contributed by atoms with Crippen molar-refractivity contribution in [2.24, 2.45) is 5.92 Å². The van der Waals surface area contributed by atoms with Crippen LogP contribution in [0.15, 0.2) is 12.3 Å². The largest absolute Gasteiger partial charge is 0.395 e. The molecule has 18 heavy (non-hydrogen) atoms. The highest BCUT2D eigenvalue weighted by Crippen LogP contribution is 2.25. The third-order valence-corrected chi connectivity index (χ3v) is 3.39. The monoisotopic (exact) mass is 246 g/mol. The molecule has 2 heterocycles. The molecule has 5 nitrogen and oxygen atoms in total. The molecule has 0 aromatic carbocycles. The average molecular weight is 246 g/mol. The zero-order valence-corrected chi connectivity index (χ0v) is 10.5. The van der Waals surface area contributed by atoms with E-state index in [1.165, 1.54) is 0 Å². The SMILES string of the molecule is CCC1OCCC1CNc1nccc(C#N)c1N. The summed E-state index contributed by atoms with van der Waals surface area (Å²) >= 11 is 0. The maximum absolute atomic E-state index is 8.90. The first-order chi connectivity index (χ1) is 8.76. The molecule has 1 fully saturated rings. The van der Waals surface area contributed by atoms with Crippen LogP contribution in [0, 0.1) is 17.2 Å². The molecule has 2 unspecified atom stereocenters. The zero-order valence-electron chi connectivity index (χ0n) is 10.5. The number of nitrogens with two attached hydrogens (primary N) is 1. The number of nitriles is 1. The zero-order chi connectivity index (χ0) is 13.0. The lowest BCUT2D eigenvalue weighted by atomic mass is 10.00. The molecule has 0 saturated carbocycles. The standard InChI is InChI=1S/C13H18N4O/c1-2-11-10(4-6-18-11)8-17-13-12(15)9(7-14)3-5-16-13/h3,5,10-11H,2,4,6,8,15H2,1H3,(H,16,17). The number of rotatable bonds is 4. The van der Waals surface area contributed by atoms with Gasteiger partial charge in [0.05, 0.1) is 17.4 Å². The molecule has 2 atom stereocenters. The van der Waals surface area contributed by atoms with Crippen molar-refractivity contribution >= 4 is 11.5 Å². The Morgan fingerprint density at radius 1 is 1.67 bits per heavy atom. The first-order valence-electron chi connectivity index (χ1n) is 6.26. The molecular formula is C13H18N4O. The summed E-state index contributed by atoms with van der Waals surface area (Å²) in [4.78, 5) is 4.17. The summed E-state index contributed by atoms with van der Waals surface area (Å²) in [6, 6.07) is 3.67. The number of nitrogen functional groups attached to an aromatic ring is 1. The molecule has 3 N–H and O–H groups in total. The summed E-state index contributed by atoms with van der Waals surface area (Å²) in [5.74, 6) is 1.08. The van der Waals surface area contributed by atoms with Crippen LogP contribution in [0.25, 0.3) is 0 Å². The smallest absolute Gasteiger partial charge is 0.150 e. The molecule has 0 spiro atoms. The van der Waals surface area contributed by atoms with Crippen molar-refractivity contribution in [2.75, 3.05) is 24.2 Å². The van der Waals surface area contributed by atoms with Gasteiger partial charge in [-0.05, 0) is 18.9 Å². The predicted octanol–water partition coefficient (Wildman–Crippen LogP) is 1.76. The maximum Gasteiger partial charge on any atom is 0.150 e. The molecule has 0 radical (unpaired) electrons. The van der Waals surface area contributed by atoms with Crippen molar-refractivity contribution in [1.29, 1.82) is 5.26 Å². The van der Waals surface area contributed by atoms with Gasteiger partial charge in [-0.3, -0.25) is 0 Å². The number of hydrogen-bond donors (Lipinski definition) is 2. The fraction of sp³-hybridized carbons (Fsp3) is 0.538. The molecule has 1 aromatic rings. The topological polar surface area (TPSA) is 84.0 Å². The van der Waals surface area contributed by atoms with Gasteiger partial charge in [-0.25, -0.2) is 4.98 Å². The second-order valence-electron chi connectivity index (χ2n) is 4.48. The number of anilines is 2. The maximum atomic E-state index is 8.90. The highest BCUT2D eigenvalue weighted by atomic mass is 16.5. The molecule has 0 bridgehead atoms. The first-order valence-corrected chi connectivity index (χ1v) is 6.26. The summed E-state index contributed by atoms with van der Waals surface area (Å²) in [6.45, 7) is 3.74. The van der Waals surface area contributed by atoms with Crippen LogP contribution in [-0.4, -0.2) is 24.2 Å². The van der Waals surface area contributed by atoms with Gasteiger partial charge in [0.1, 0.15) is 6.07 Å². The summed E-state index contributed by atoms with van der Waals surface area (Å²) in [5, 5.41) is 12.1. The van der Waals surface area contributed by atoms with Crippen molar-refractivity contribution in [3.8, 4) is 6.07 Å². The Labute approximate surface area is 107 Å². The molecule has 1 aliphatic rings. The third kappa shape index (κ3) is 2.54. The molecule has 0 amide bonds. The van der Waals surface area contributed by atoms with Gasteiger partial charge >= 0.3 is 0 Å². The second kappa shape index (κ2) is 5.69. The lowest BCUT2D eigenvalue weighted by molar-refractivity contribution is 0.0900. The van der Waals surface area contributed by atoms with E-state index in [0.29, 0.717) is 29.1 Å². The Morgan fingerprint density at radius 2 is 2.50 bits per heavy atom. The third-order valence-electron chi connectivity index (χ3n) is 3.39. The fourth-order valence-corrected chi connectivity index (χ4v) is 2.32. The molecule has 96 valence electrons. The minimum absolute atomic E-state index is 0.317. The molecular weight excluding hydrogens is 228 g/mol. The number of nitrogens with one attached hydrogen (secondary N) is 1. The predicted molar refractivity (Wildman–Crippen MR) is 70.0 cm³/mol. The number of pyridine rings is 1. The van der Waals surface area contributed by atoms with Crippen LogP contribution < -0.4 is 11.1 Å². The van der Waals surface area contributed by atoms with Crippen molar-refractivity contribution in [3.63, 3.8) is 0 Å². The van der Waals surface area contributed by atoms with E-state index < -0.39 is 0 Å². The van der Waals surface area contributed by atoms with E-state index in [1.807, 2.05) is 0 Å². The summed E-state index contributed by atoms with van der Waals surface area (Å²) in [6.07, 6.45) is 3.99. The van der Waals surface area contributed by atoms with Crippen LogP contribution in [0.5, 0.6) is 0 Å². The normalized spacial score (nSPS) is 22.7. The Hall–Kier alpha value is -1.80. The number of hydrogen-bond acceptors (Lipinski definition) is 5. The molecule has 1 saturated heterocycles. The Balaban J connectivity index is 2.00. The number of nitrogens with zero attached hydrogens (tertiary/aromatic N) is 2. The summed E-state index contributed by atoms with van der Waals surface area (Å²) in [7, 11) is 0. The van der Waals surface area contributed by atoms with E-state index in [2.05, 4.69) is 23.3 Å². The van der Waals surface area contributed by atoms with Crippen LogP contribution in [0.3, 0.4) is 0 Å². The molecule has 1 aliphatic heterocycles. The molecule has 0 aliphatic carbocycles. The minimum Gasteiger partial charge on any atom is -0.395 e. The van der Waals surface area contributed by atoms with E-state index >= 15 is 0 Å². The summed E-state index contributed by atoms with van der Waals surface area (Å²) < 4.78 is 5.63. The highest BCUT2D eigenvalue weighted by Gasteiger charge is 2.26. The van der Waals surface area contributed by atoms with E-state index in [0.717, 1.165) is 26.0 Å². The van der Waals surface area contributed by atoms with E-state index in [1.54, 1.807) is 12.3 Å². The number of aromatic nitrogens is 1. The van der Waals surface area contributed by atoms with Crippen LogP contribution in [0.1, 0.15) is 25.3 Å². The van der Waals surface area contributed by atoms with E-state index in [-0.39, 0.29) is 0 Å². The first kappa shape index (κ1) is 12.7. The lowest BCUT2D eigenvalue weighted by Crippen LogP contribution is -2.23. The van der Waals surface area contributed by atoms with Crippen molar-refractivity contribution in [2.45, 2.75) is 25.9 Å². The Morgan fingerprint density at radius 3 is 3.22 bits per heavy atom. The Bertz CT molecular complexity index is 455. The minimum atomic E-state index is 0.317. The van der Waals surface area contributed by atoms with Gasteiger partial charge in [0, 0.05) is 25.3 Å².